The average molecular weight is 313 g/mol. The molecular weight excluding hydrogens is 286 g/mol. The Morgan fingerprint density at radius 3 is 2.26 bits per heavy atom. The lowest BCUT2D eigenvalue weighted by atomic mass is 10.0. The minimum Gasteiger partial charge on any atom is -0.362 e. The van der Waals surface area contributed by atoms with Gasteiger partial charge in [-0.2, -0.15) is 4.98 Å². The van der Waals surface area contributed by atoms with E-state index in [1.54, 1.807) is 0 Å². The van der Waals surface area contributed by atoms with E-state index >= 15 is 0 Å². The number of nitrogens with one attached hydrogen (secondary N) is 1. The molecule has 0 saturated carbocycles. The minimum absolute atomic E-state index is 0.267. The maximum absolute atomic E-state index is 4.60. The second-order valence-electron chi connectivity index (χ2n) is 6.37. The van der Waals surface area contributed by atoms with E-state index in [4.69, 9.17) is 0 Å². The standard InChI is InChI=1S/C18H27N5/c1-13-7-9-15(10-8-13)16(22(3)4)12-20-18-19-11-14(2)17(21-18)23(5)6/h7-11,16H,12H2,1-6H3,(H,19,20,21). The molecule has 0 fully saturated rings. The Morgan fingerprint density at radius 2 is 1.70 bits per heavy atom. The number of hydrogen-bond donors (Lipinski definition) is 1. The maximum atomic E-state index is 4.60. The summed E-state index contributed by atoms with van der Waals surface area (Å²) in [5, 5.41) is 3.37. The summed E-state index contributed by atoms with van der Waals surface area (Å²) in [5.74, 6) is 1.61. The molecule has 1 atom stereocenters. The summed E-state index contributed by atoms with van der Waals surface area (Å²) >= 11 is 0. The Balaban J connectivity index is 2.13. The molecule has 1 aromatic heterocycles. The third-order valence-electron chi connectivity index (χ3n) is 3.91. The van der Waals surface area contributed by atoms with Crippen LogP contribution in [0.2, 0.25) is 0 Å². The van der Waals surface area contributed by atoms with Gasteiger partial charge < -0.3 is 15.1 Å². The van der Waals surface area contributed by atoms with Crippen molar-refractivity contribution in [3.63, 3.8) is 0 Å². The number of aryl methyl sites for hydroxylation is 2. The van der Waals surface area contributed by atoms with Crippen LogP contribution in [0.1, 0.15) is 22.7 Å². The van der Waals surface area contributed by atoms with E-state index in [2.05, 4.69) is 65.5 Å². The molecule has 23 heavy (non-hydrogen) atoms. The molecule has 0 spiro atoms. The Morgan fingerprint density at radius 1 is 1.04 bits per heavy atom. The summed E-state index contributed by atoms with van der Waals surface area (Å²) in [7, 11) is 8.17. The van der Waals surface area contributed by atoms with Gasteiger partial charge in [0.05, 0.1) is 6.04 Å². The summed E-state index contributed by atoms with van der Waals surface area (Å²) in [5.41, 5.74) is 3.63. The van der Waals surface area contributed by atoms with Crippen molar-refractivity contribution in [2.45, 2.75) is 19.9 Å². The zero-order chi connectivity index (χ0) is 17.0. The van der Waals surface area contributed by atoms with Crippen molar-refractivity contribution >= 4 is 11.8 Å². The van der Waals surface area contributed by atoms with Crippen molar-refractivity contribution in [3.05, 3.63) is 47.2 Å². The summed E-state index contributed by atoms with van der Waals surface area (Å²) in [4.78, 5) is 13.2. The predicted octanol–water partition coefficient (Wildman–Crippen LogP) is 2.87. The molecule has 1 aromatic carbocycles. The number of aromatic nitrogens is 2. The Bertz CT molecular complexity index is 634. The van der Waals surface area contributed by atoms with Crippen LogP contribution in [0.15, 0.2) is 30.5 Å². The van der Waals surface area contributed by atoms with Crippen LogP contribution in [0, 0.1) is 13.8 Å². The first-order valence-corrected chi connectivity index (χ1v) is 7.86. The second kappa shape index (κ2) is 7.42. The number of benzene rings is 1. The zero-order valence-corrected chi connectivity index (χ0v) is 15.0. The molecule has 0 bridgehead atoms. The van der Waals surface area contributed by atoms with Crippen LogP contribution >= 0.6 is 0 Å². The average Bonchev–Trinajstić information content (AvgIpc) is 2.50. The van der Waals surface area contributed by atoms with E-state index in [9.17, 15) is 0 Å². The van der Waals surface area contributed by atoms with Crippen molar-refractivity contribution in [3.8, 4) is 0 Å². The van der Waals surface area contributed by atoms with Crippen molar-refractivity contribution in [2.24, 2.45) is 0 Å². The topological polar surface area (TPSA) is 44.3 Å². The highest BCUT2D eigenvalue weighted by atomic mass is 15.2. The van der Waals surface area contributed by atoms with Gasteiger partial charge in [-0.15, -0.1) is 0 Å². The molecule has 2 aromatic rings. The second-order valence-corrected chi connectivity index (χ2v) is 6.37. The summed E-state index contributed by atoms with van der Waals surface area (Å²) in [6, 6.07) is 8.94. The molecule has 1 heterocycles. The van der Waals surface area contributed by atoms with Gasteiger partial charge in [0.1, 0.15) is 5.82 Å². The van der Waals surface area contributed by atoms with Gasteiger partial charge in [0, 0.05) is 32.4 Å². The van der Waals surface area contributed by atoms with Crippen LogP contribution in [0.25, 0.3) is 0 Å². The molecule has 1 N–H and O–H groups in total. The monoisotopic (exact) mass is 313 g/mol. The normalized spacial score (nSPS) is 12.3. The molecular formula is C18H27N5. The lowest BCUT2D eigenvalue weighted by molar-refractivity contribution is 0.311. The molecule has 0 saturated heterocycles. The molecule has 124 valence electrons. The summed E-state index contributed by atoms with van der Waals surface area (Å²) < 4.78 is 0. The molecule has 0 aliphatic carbocycles. The molecule has 1 unspecified atom stereocenters. The van der Waals surface area contributed by atoms with Crippen molar-refractivity contribution < 1.29 is 0 Å². The highest BCUT2D eigenvalue weighted by molar-refractivity contribution is 5.47. The first-order valence-electron chi connectivity index (χ1n) is 7.86. The van der Waals surface area contributed by atoms with Crippen molar-refractivity contribution in [1.29, 1.82) is 0 Å². The summed E-state index contributed by atoms with van der Waals surface area (Å²) in [6.45, 7) is 4.88. The van der Waals surface area contributed by atoms with Crippen LogP contribution in [-0.2, 0) is 0 Å². The highest BCUT2D eigenvalue weighted by Crippen LogP contribution is 2.20. The van der Waals surface area contributed by atoms with E-state index < -0.39 is 0 Å². The third-order valence-corrected chi connectivity index (χ3v) is 3.91. The van der Waals surface area contributed by atoms with Crippen LogP contribution in [-0.4, -0.2) is 49.6 Å². The molecule has 0 amide bonds. The SMILES string of the molecule is Cc1ccc(C(CNc2ncc(C)c(N(C)C)n2)N(C)C)cc1. The Kier molecular flexibility index (Phi) is 5.55. The largest absolute Gasteiger partial charge is 0.362 e. The van der Waals surface area contributed by atoms with Crippen molar-refractivity contribution in [1.82, 2.24) is 14.9 Å². The van der Waals surface area contributed by atoms with Crippen LogP contribution in [0.4, 0.5) is 11.8 Å². The lowest BCUT2D eigenvalue weighted by Gasteiger charge is -2.25. The smallest absolute Gasteiger partial charge is 0.224 e. The molecule has 0 aliphatic rings. The zero-order valence-electron chi connectivity index (χ0n) is 15.0. The first-order chi connectivity index (χ1) is 10.9. The van der Waals surface area contributed by atoms with Gasteiger partial charge in [0.25, 0.3) is 0 Å². The lowest BCUT2D eigenvalue weighted by Crippen LogP contribution is -2.27. The van der Waals surface area contributed by atoms with Gasteiger partial charge in [0.15, 0.2) is 0 Å². The van der Waals surface area contributed by atoms with Gasteiger partial charge in [-0.3, -0.25) is 0 Å². The number of anilines is 2. The molecule has 0 aliphatic heterocycles. The molecule has 2 rings (SSSR count). The van der Waals surface area contributed by atoms with E-state index in [0.717, 1.165) is 17.9 Å². The predicted molar refractivity (Wildman–Crippen MR) is 97.2 cm³/mol. The first kappa shape index (κ1) is 17.2. The third kappa shape index (κ3) is 4.42. The number of hydrogen-bond acceptors (Lipinski definition) is 5. The summed E-state index contributed by atoms with van der Waals surface area (Å²) in [6.07, 6.45) is 1.86. The van der Waals surface area contributed by atoms with Gasteiger partial charge in [-0.05, 0) is 33.5 Å². The fourth-order valence-corrected chi connectivity index (χ4v) is 2.55. The van der Waals surface area contributed by atoms with Gasteiger partial charge >= 0.3 is 0 Å². The van der Waals surface area contributed by atoms with Crippen LogP contribution < -0.4 is 10.2 Å². The minimum atomic E-state index is 0.267. The van der Waals surface area contributed by atoms with Gasteiger partial charge in [-0.1, -0.05) is 29.8 Å². The van der Waals surface area contributed by atoms with Gasteiger partial charge in [-0.25, -0.2) is 4.98 Å². The molecule has 5 nitrogen and oxygen atoms in total. The number of likely N-dealkylation sites (N-methyl/N-ethyl adjacent to an activating group) is 1. The van der Waals surface area contributed by atoms with E-state index in [-0.39, 0.29) is 6.04 Å². The van der Waals surface area contributed by atoms with E-state index in [1.165, 1.54) is 11.1 Å². The maximum Gasteiger partial charge on any atom is 0.224 e. The van der Waals surface area contributed by atoms with Crippen LogP contribution in [0.3, 0.4) is 0 Å². The number of rotatable bonds is 6. The quantitative estimate of drug-likeness (QED) is 0.888. The fourth-order valence-electron chi connectivity index (χ4n) is 2.55. The Labute approximate surface area is 139 Å². The Hall–Kier alpha value is -2.14. The molecule has 0 radical (unpaired) electrons. The van der Waals surface area contributed by atoms with Crippen LogP contribution in [0.5, 0.6) is 0 Å². The highest BCUT2D eigenvalue weighted by Gasteiger charge is 2.15. The van der Waals surface area contributed by atoms with E-state index in [0.29, 0.717) is 5.95 Å². The van der Waals surface area contributed by atoms with Crippen molar-refractivity contribution in [2.75, 3.05) is 45.0 Å². The number of nitrogens with zero attached hydrogens (tertiary/aromatic N) is 4. The van der Waals surface area contributed by atoms with Gasteiger partial charge in [0.2, 0.25) is 5.95 Å². The fraction of sp³-hybridized carbons (Fsp3) is 0.444. The van der Waals surface area contributed by atoms with E-state index in [1.807, 2.05) is 32.1 Å². The molecule has 5 heteroatoms.